The molecule has 0 atom stereocenters. The predicted molar refractivity (Wildman–Crippen MR) is 80.4 cm³/mol. The largest absolute Gasteiger partial charge is 0.478 e. The first-order valence-electron chi connectivity index (χ1n) is 6.49. The number of benzene rings is 2. The van der Waals surface area contributed by atoms with Gasteiger partial charge in [-0.15, -0.1) is 0 Å². The Morgan fingerprint density at radius 2 is 1.82 bits per heavy atom. The van der Waals surface area contributed by atoms with Gasteiger partial charge in [0.05, 0.1) is 12.0 Å². The molecule has 0 aliphatic rings. The van der Waals surface area contributed by atoms with Gasteiger partial charge in [0.1, 0.15) is 5.82 Å². The number of hydrogen-bond acceptors (Lipinski definition) is 2. The van der Waals surface area contributed by atoms with Crippen LogP contribution in [-0.2, 0) is 17.8 Å². The predicted octanol–water partition coefficient (Wildman–Crippen LogP) is 3.04. The molecule has 0 radical (unpaired) electrons. The molecule has 0 spiro atoms. The van der Waals surface area contributed by atoms with E-state index in [2.05, 4.69) is 5.32 Å². The first kappa shape index (κ1) is 16.0. The number of nitrogens with one attached hydrogen (secondary N) is 1. The Hall–Kier alpha value is -2.40. The number of carbonyl (C=O) groups excluding carboxylic acids is 1. The van der Waals surface area contributed by atoms with Crippen molar-refractivity contribution in [3.8, 4) is 0 Å². The number of carboxylic acid groups (broad SMARTS) is 1. The fourth-order valence-corrected chi connectivity index (χ4v) is 2.12. The van der Waals surface area contributed by atoms with Crippen molar-refractivity contribution in [2.45, 2.75) is 13.0 Å². The Bertz CT molecular complexity index is 681. The van der Waals surface area contributed by atoms with Crippen LogP contribution in [0, 0.1) is 5.82 Å². The Morgan fingerprint density at radius 3 is 2.41 bits per heavy atom. The molecule has 0 bridgehead atoms. The Labute approximate surface area is 131 Å². The number of hydrogen-bond donors (Lipinski definition) is 2. The van der Waals surface area contributed by atoms with Crippen LogP contribution in [0.1, 0.15) is 21.5 Å². The third kappa shape index (κ3) is 4.05. The SMILES string of the molecule is O=C(Cc1c(F)cccc1Cl)NCc1ccc(C(=O)O)cc1. The average molecular weight is 322 g/mol. The average Bonchev–Trinajstić information content (AvgIpc) is 2.49. The minimum absolute atomic E-state index is 0.154. The van der Waals surface area contributed by atoms with Crippen molar-refractivity contribution < 1.29 is 19.1 Å². The molecule has 2 N–H and O–H groups in total. The van der Waals surface area contributed by atoms with E-state index in [4.69, 9.17) is 16.7 Å². The quantitative estimate of drug-likeness (QED) is 0.889. The Morgan fingerprint density at radius 1 is 1.14 bits per heavy atom. The molecule has 22 heavy (non-hydrogen) atoms. The minimum Gasteiger partial charge on any atom is -0.478 e. The molecular weight excluding hydrogens is 309 g/mol. The van der Waals surface area contributed by atoms with E-state index < -0.39 is 11.8 Å². The zero-order valence-corrected chi connectivity index (χ0v) is 12.2. The standard InChI is InChI=1S/C16H13ClFNO3/c17-13-2-1-3-14(18)12(13)8-15(20)19-9-10-4-6-11(7-5-10)16(21)22/h1-7H,8-9H2,(H,19,20)(H,21,22). The van der Waals surface area contributed by atoms with Crippen molar-refractivity contribution in [1.82, 2.24) is 5.32 Å². The normalized spacial score (nSPS) is 10.3. The van der Waals surface area contributed by atoms with Crippen LogP contribution in [0.25, 0.3) is 0 Å². The van der Waals surface area contributed by atoms with Crippen LogP contribution in [0.2, 0.25) is 5.02 Å². The summed E-state index contributed by atoms with van der Waals surface area (Å²) in [5.41, 5.74) is 1.08. The van der Waals surface area contributed by atoms with E-state index in [1.54, 1.807) is 12.1 Å². The van der Waals surface area contributed by atoms with E-state index in [0.717, 1.165) is 5.56 Å². The first-order chi connectivity index (χ1) is 10.5. The second-order valence-corrected chi connectivity index (χ2v) is 5.06. The van der Waals surface area contributed by atoms with Crippen LogP contribution in [0.5, 0.6) is 0 Å². The topological polar surface area (TPSA) is 66.4 Å². The van der Waals surface area contributed by atoms with Gasteiger partial charge in [0.2, 0.25) is 5.91 Å². The number of rotatable bonds is 5. The van der Waals surface area contributed by atoms with Gasteiger partial charge in [-0.25, -0.2) is 9.18 Å². The summed E-state index contributed by atoms with van der Waals surface area (Å²) in [6, 6.07) is 10.4. The molecule has 2 aromatic rings. The molecule has 0 unspecified atom stereocenters. The molecule has 4 nitrogen and oxygen atoms in total. The molecule has 0 saturated heterocycles. The molecule has 0 aliphatic heterocycles. The van der Waals surface area contributed by atoms with Crippen LogP contribution in [0.3, 0.4) is 0 Å². The molecule has 114 valence electrons. The van der Waals surface area contributed by atoms with Gasteiger partial charge in [-0.05, 0) is 29.8 Å². The smallest absolute Gasteiger partial charge is 0.335 e. The third-order valence-corrected chi connectivity index (χ3v) is 3.44. The third-order valence-electron chi connectivity index (χ3n) is 3.09. The van der Waals surface area contributed by atoms with Gasteiger partial charge >= 0.3 is 5.97 Å². The van der Waals surface area contributed by atoms with Gasteiger partial charge in [0.15, 0.2) is 0 Å². The zero-order chi connectivity index (χ0) is 16.1. The maximum absolute atomic E-state index is 13.6. The van der Waals surface area contributed by atoms with Gasteiger partial charge in [-0.2, -0.15) is 0 Å². The fourth-order valence-electron chi connectivity index (χ4n) is 1.89. The number of halogens is 2. The molecule has 0 heterocycles. The van der Waals surface area contributed by atoms with Crippen LogP contribution < -0.4 is 5.32 Å². The maximum Gasteiger partial charge on any atom is 0.335 e. The summed E-state index contributed by atoms with van der Waals surface area (Å²) in [5, 5.41) is 11.6. The van der Waals surface area contributed by atoms with E-state index >= 15 is 0 Å². The second kappa shape index (κ2) is 7.04. The summed E-state index contributed by atoms with van der Waals surface area (Å²) < 4.78 is 13.6. The maximum atomic E-state index is 13.6. The van der Waals surface area contributed by atoms with Crippen molar-refractivity contribution in [3.05, 3.63) is 70.0 Å². The fraction of sp³-hybridized carbons (Fsp3) is 0.125. The van der Waals surface area contributed by atoms with E-state index in [9.17, 15) is 14.0 Å². The lowest BCUT2D eigenvalue weighted by molar-refractivity contribution is -0.120. The number of amides is 1. The summed E-state index contributed by atoms with van der Waals surface area (Å²) in [4.78, 5) is 22.6. The lowest BCUT2D eigenvalue weighted by Crippen LogP contribution is -2.25. The van der Waals surface area contributed by atoms with E-state index in [1.807, 2.05) is 0 Å². The van der Waals surface area contributed by atoms with Crippen molar-refractivity contribution in [3.63, 3.8) is 0 Å². The van der Waals surface area contributed by atoms with Crippen molar-refractivity contribution in [2.75, 3.05) is 0 Å². The lowest BCUT2D eigenvalue weighted by atomic mass is 10.1. The highest BCUT2D eigenvalue weighted by molar-refractivity contribution is 6.31. The van der Waals surface area contributed by atoms with Crippen LogP contribution in [0.4, 0.5) is 4.39 Å². The van der Waals surface area contributed by atoms with E-state index in [-0.39, 0.29) is 35.0 Å². The molecule has 6 heteroatoms. The number of carbonyl (C=O) groups is 2. The summed E-state index contributed by atoms with van der Waals surface area (Å²) in [6.45, 7) is 0.227. The summed E-state index contributed by atoms with van der Waals surface area (Å²) in [5.74, 6) is -1.90. The molecule has 2 rings (SSSR count). The van der Waals surface area contributed by atoms with Gasteiger partial charge < -0.3 is 10.4 Å². The Balaban J connectivity index is 1.94. The van der Waals surface area contributed by atoms with Crippen molar-refractivity contribution in [2.24, 2.45) is 0 Å². The van der Waals surface area contributed by atoms with E-state index in [1.165, 1.54) is 30.3 Å². The van der Waals surface area contributed by atoms with Crippen LogP contribution in [0.15, 0.2) is 42.5 Å². The van der Waals surface area contributed by atoms with Crippen molar-refractivity contribution in [1.29, 1.82) is 0 Å². The lowest BCUT2D eigenvalue weighted by Gasteiger charge is -2.08. The number of carboxylic acids is 1. The molecule has 0 aromatic heterocycles. The molecule has 2 aromatic carbocycles. The highest BCUT2D eigenvalue weighted by Crippen LogP contribution is 2.19. The molecule has 0 fully saturated rings. The Kier molecular flexibility index (Phi) is 5.12. The van der Waals surface area contributed by atoms with E-state index in [0.29, 0.717) is 0 Å². The zero-order valence-electron chi connectivity index (χ0n) is 11.5. The molecule has 0 aliphatic carbocycles. The van der Waals surface area contributed by atoms with Crippen LogP contribution in [-0.4, -0.2) is 17.0 Å². The highest BCUT2D eigenvalue weighted by Gasteiger charge is 2.11. The number of aromatic carboxylic acids is 1. The van der Waals surface area contributed by atoms with Crippen molar-refractivity contribution >= 4 is 23.5 Å². The van der Waals surface area contributed by atoms with Crippen LogP contribution >= 0.6 is 11.6 Å². The summed E-state index contributed by atoms with van der Waals surface area (Å²) >= 11 is 5.86. The minimum atomic E-state index is -1.01. The highest BCUT2D eigenvalue weighted by atomic mass is 35.5. The second-order valence-electron chi connectivity index (χ2n) is 4.66. The molecular formula is C16H13ClFNO3. The van der Waals surface area contributed by atoms with Gasteiger partial charge in [-0.3, -0.25) is 4.79 Å². The van der Waals surface area contributed by atoms with Gasteiger partial charge in [0, 0.05) is 17.1 Å². The molecule has 1 amide bonds. The van der Waals surface area contributed by atoms with Gasteiger partial charge in [-0.1, -0.05) is 29.8 Å². The summed E-state index contributed by atoms with van der Waals surface area (Å²) in [6.07, 6.45) is -0.154. The first-order valence-corrected chi connectivity index (χ1v) is 6.87. The summed E-state index contributed by atoms with van der Waals surface area (Å²) in [7, 11) is 0. The monoisotopic (exact) mass is 321 g/mol. The van der Waals surface area contributed by atoms with Gasteiger partial charge in [0.25, 0.3) is 0 Å². The molecule has 0 saturated carbocycles.